The molecule has 0 rings (SSSR count). The van der Waals surface area contributed by atoms with Crippen LogP contribution < -0.4 is 0 Å². The normalized spacial score (nSPS) is 12.7. The van der Waals surface area contributed by atoms with Gasteiger partial charge < -0.3 is 4.79 Å². The van der Waals surface area contributed by atoms with Crippen molar-refractivity contribution in [1.29, 1.82) is 0 Å². The Labute approximate surface area is 64.3 Å². The minimum absolute atomic E-state index is 0.425. The van der Waals surface area contributed by atoms with Crippen LogP contribution in [-0.2, 0) is 4.79 Å². The van der Waals surface area contributed by atoms with Gasteiger partial charge >= 0.3 is 0 Å². The second-order valence-electron chi connectivity index (χ2n) is 2.23. The molecule has 0 spiro atoms. The number of aldehydes is 1. The predicted octanol–water partition coefficient (Wildman–Crippen LogP) is 2.51. The lowest BCUT2D eigenvalue weighted by atomic mass is 10.1. The molecule has 0 heterocycles. The molecule has 1 nitrogen and oxygen atoms in total. The molecule has 0 bridgehead atoms. The van der Waals surface area contributed by atoms with E-state index in [0.717, 1.165) is 17.2 Å². The topological polar surface area (TPSA) is 17.1 Å². The zero-order valence-corrected chi connectivity index (χ0v) is 7.15. The summed E-state index contributed by atoms with van der Waals surface area (Å²) in [5, 5.41) is 0. The predicted molar refractivity (Wildman–Crippen MR) is 42.5 cm³/mol. The fraction of sp³-hybridized carbons (Fsp3) is 0.571. The number of carbonyl (C=O) groups excluding carboxylic acids is 1. The van der Waals surface area contributed by atoms with Crippen LogP contribution in [0.1, 0.15) is 19.8 Å². The zero-order valence-electron chi connectivity index (χ0n) is 5.56. The van der Waals surface area contributed by atoms with Gasteiger partial charge in [0.05, 0.1) is 0 Å². The molecule has 0 radical (unpaired) electrons. The number of hydrogen-bond donors (Lipinski definition) is 0. The molecule has 0 aliphatic rings. The fourth-order valence-electron chi connectivity index (χ4n) is 0.626. The van der Waals surface area contributed by atoms with Crippen molar-refractivity contribution in [2.45, 2.75) is 19.8 Å². The summed E-state index contributed by atoms with van der Waals surface area (Å²) in [6.07, 6.45) is 2.46. The van der Waals surface area contributed by atoms with Crippen LogP contribution in [0.25, 0.3) is 0 Å². The average Bonchev–Trinajstić information content (AvgIpc) is 1.63. The highest BCUT2D eigenvalue weighted by Crippen LogP contribution is 2.16. The van der Waals surface area contributed by atoms with E-state index in [4.69, 9.17) is 0 Å². The first-order valence-electron chi connectivity index (χ1n) is 2.93. The molecule has 9 heavy (non-hydrogen) atoms. The molecule has 0 saturated heterocycles. The maximum Gasteiger partial charge on any atom is 0.120 e. The Hall–Kier alpha value is -0.110. The minimum Gasteiger partial charge on any atom is -0.303 e. The number of allylic oxidation sites excluding steroid dienone is 1. The third-order valence-electron chi connectivity index (χ3n) is 1.07. The van der Waals surface area contributed by atoms with Crippen molar-refractivity contribution >= 4 is 22.2 Å². The highest BCUT2D eigenvalue weighted by atomic mass is 79.9. The summed E-state index contributed by atoms with van der Waals surface area (Å²) in [6, 6.07) is 0. The summed E-state index contributed by atoms with van der Waals surface area (Å²) in [6.45, 7) is 5.71. The van der Waals surface area contributed by atoms with E-state index in [9.17, 15) is 4.79 Å². The van der Waals surface area contributed by atoms with Crippen molar-refractivity contribution in [3.63, 3.8) is 0 Å². The van der Waals surface area contributed by atoms with Gasteiger partial charge in [-0.25, -0.2) is 0 Å². The van der Waals surface area contributed by atoms with Gasteiger partial charge in [-0.2, -0.15) is 0 Å². The minimum atomic E-state index is 0.425. The molecule has 0 fully saturated rings. The zero-order chi connectivity index (χ0) is 7.28. The van der Waals surface area contributed by atoms with Crippen LogP contribution in [0, 0.1) is 5.92 Å². The molecule has 0 aliphatic heterocycles. The van der Waals surface area contributed by atoms with E-state index in [1.165, 1.54) is 0 Å². The summed E-state index contributed by atoms with van der Waals surface area (Å²) in [5.74, 6) is 0.425. The number of carbonyl (C=O) groups is 1. The lowest BCUT2D eigenvalue weighted by Gasteiger charge is -2.03. The smallest absolute Gasteiger partial charge is 0.120 e. The third-order valence-corrected chi connectivity index (χ3v) is 1.39. The molecule has 0 aromatic rings. The largest absolute Gasteiger partial charge is 0.303 e. The molecular weight excluding hydrogens is 180 g/mol. The van der Waals surface area contributed by atoms with Gasteiger partial charge in [0.15, 0.2) is 0 Å². The van der Waals surface area contributed by atoms with Crippen LogP contribution in [0.3, 0.4) is 0 Å². The molecule has 0 aliphatic carbocycles. The molecule has 0 amide bonds. The van der Waals surface area contributed by atoms with E-state index in [1.54, 1.807) is 0 Å². The van der Waals surface area contributed by atoms with Gasteiger partial charge in [0, 0.05) is 6.42 Å². The second kappa shape index (κ2) is 4.74. The van der Waals surface area contributed by atoms with Gasteiger partial charge in [0.2, 0.25) is 0 Å². The summed E-state index contributed by atoms with van der Waals surface area (Å²) in [5.41, 5.74) is 0. The molecule has 0 aromatic carbocycles. The monoisotopic (exact) mass is 190 g/mol. The molecule has 0 aromatic heterocycles. The first-order chi connectivity index (χ1) is 4.16. The third kappa shape index (κ3) is 5.77. The number of hydrogen-bond acceptors (Lipinski definition) is 1. The van der Waals surface area contributed by atoms with Crippen LogP contribution in [0.2, 0.25) is 0 Å². The Morgan fingerprint density at radius 2 is 2.44 bits per heavy atom. The molecule has 0 saturated carbocycles. The summed E-state index contributed by atoms with van der Waals surface area (Å²) in [7, 11) is 0. The highest BCUT2D eigenvalue weighted by Gasteiger charge is 2.00. The summed E-state index contributed by atoms with van der Waals surface area (Å²) < 4.78 is 0.969. The van der Waals surface area contributed by atoms with E-state index in [0.29, 0.717) is 12.3 Å². The Morgan fingerprint density at radius 1 is 1.89 bits per heavy atom. The van der Waals surface area contributed by atoms with Gasteiger partial charge in [0.1, 0.15) is 6.29 Å². The van der Waals surface area contributed by atoms with Gasteiger partial charge in [-0.1, -0.05) is 29.4 Å². The maximum atomic E-state index is 9.95. The Kier molecular flexibility index (Phi) is 4.68. The molecule has 2 heteroatoms. The summed E-state index contributed by atoms with van der Waals surface area (Å²) in [4.78, 5) is 9.95. The van der Waals surface area contributed by atoms with E-state index in [2.05, 4.69) is 22.5 Å². The van der Waals surface area contributed by atoms with Crippen LogP contribution in [0.5, 0.6) is 0 Å². The average molecular weight is 191 g/mol. The molecule has 0 N–H and O–H groups in total. The lowest BCUT2D eigenvalue weighted by molar-refractivity contribution is -0.108. The van der Waals surface area contributed by atoms with E-state index >= 15 is 0 Å². The van der Waals surface area contributed by atoms with Gasteiger partial charge in [0.25, 0.3) is 0 Å². The first kappa shape index (κ1) is 8.89. The van der Waals surface area contributed by atoms with Gasteiger partial charge in [-0.15, -0.1) is 0 Å². The van der Waals surface area contributed by atoms with Crippen molar-refractivity contribution in [3.8, 4) is 0 Å². The molecule has 0 unspecified atom stereocenters. The first-order valence-corrected chi connectivity index (χ1v) is 3.73. The van der Waals surface area contributed by atoms with Crippen molar-refractivity contribution in [2.75, 3.05) is 0 Å². The van der Waals surface area contributed by atoms with Crippen molar-refractivity contribution < 1.29 is 4.79 Å². The maximum absolute atomic E-state index is 9.95. The van der Waals surface area contributed by atoms with Crippen LogP contribution in [0.4, 0.5) is 0 Å². The Morgan fingerprint density at radius 3 is 2.78 bits per heavy atom. The van der Waals surface area contributed by atoms with Crippen molar-refractivity contribution in [1.82, 2.24) is 0 Å². The Bertz CT molecular complexity index is 109. The summed E-state index contributed by atoms with van der Waals surface area (Å²) >= 11 is 3.23. The SMILES string of the molecule is C=C(Br)C[C@@H](C)CC=O. The fourth-order valence-corrected chi connectivity index (χ4v) is 1.18. The highest BCUT2D eigenvalue weighted by molar-refractivity contribution is 9.11. The standard InChI is InChI=1S/C7H11BrO/c1-6(3-4-9)5-7(2)8/h4,6H,2-3,5H2,1H3/t6-/m0/s1. The molecule has 52 valence electrons. The number of rotatable bonds is 4. The van der Waals surface area contributed by atoms with E-state index < -0.39 is 0 Å². The van der Waals surface area contributed by atoms with Crippen molar-refractivity contribution in [3.05, 3.63) is 11.1 Å². The Balaban J connectivity index is 3.37. The number of halogens is 1. The van der Waals surface area contributed by atoms with Crippen molar-refractivity contribution in [2.24, 2.45) is 5.92 Å². The van der Waals surface area contributed by atoms with Crippen LogP contribution >= 0.6 is 15.9 Å². The van der Waals surface area contributed by atoms with E-state index in [1.807, 2.05) is 6.92 Å². The molecular formula is C7H11BrO. The van der Waals surface area contributed by atoms with E-state index in [-0.39, 0.29) is 0 Å². The lowest BCUT2D eigenvalue weighted by Crippen LogP contribution is -1.93. The van der Waals surface area contributed by atoms with Gasteiger partial charge in [-0.3, -0.25) is 0 Å². The van der Waals surface area contributed by atoms with Crippen LogP contribution in [-0.4, -0.2) is 6.29 Å². The molecule has 1 atom stereocenters. The van der Waals surface area contributed by atoms with Gasteiger partial charge in [-0.05, 0) is 16.8 Å². The van der Waals surface area contributed by atoms with Crippen LogP contribution in [0.15, 0.2) is 11.1 Å². The quantitative estimate of drug-likeness (QED) is 0.624. The second-order valence-corrected chi connectivity index (χ2v) is 3.35.